The van der Waals surface area contributed by atoms with E-state index >= 15 is 0 Å². The van der Waals surface area contributed by atoms with E-state index in [0.29, 0.717) is 19.3 Å². The van der Waals surface area contributed by atoms with Gasteiger partial charge in [0.05, 0.1) is 0 Å². The zero-order chi connectivity index (χ0) is 59.9. The van der Waals surface area contributed by atoms with Gasteiger partial charge in [0.25, 0.3) is 0 Å². The van der Waals surface area contributed by atoms with Crippen molar-refractivity contribution in [3.8, 4) is 0 Å². The number of carbonyl (C=O) groups excluding carboxylic acids is 3. The van der Waals surface area contributed by atoms with Crippen LogP contribution in [-0.4, -0.2) is 37.2 Å². The third-order valence-corrected chi connectivity index (χ3v) is 15.9. The molecule has 0 aliphatic carbocycles. The van der Waals surface area contributed by atoms with Crippen molar-refractivity contribution in [3.63, 3.8) is 0 Å². The summed E-state index contributed by atoms with van der Waals surface area (Å²) < 4.78 is 17.0. The summed E-state index contributed by atoms with van der Waals surface area (Å²) in [5.41, 5.74) is 0. The third-order valence-electron chi connectivity index (χ3n) is 15.9. The molecule has 0 heterocycles. The maximum atomic E-state index is 12.9. The van der Waals surface area contributed by atoms with Gasteiger partial charge in [0.1, 0.15) is 13.2 Å². The fraction of sp³-hybridized carbons (Fsp3) is 0.779. The minimum absolute atomic E-state index is 0.0694. The SMILES string of the molecule is CC/C=C\C/C=C\C/C=C\C/C=C\C/C=C\C/C=C\C/C=C\CCCCCCCCCCCCCCCC(=O)OCC(COC(=O)CCCCCCCCCCCC)OC(=O)CCCCCCCCCCCCCCCCCCCCCC. The van der Waals surface area contributed by atoms with E-state index in [4.69, 9.17) is 14.2 Å². The van der Waals surface area contributed by atoms with E-state index in [1.54, 1.807) is 0 Å². The highest BCUT2D eigenvalue weighted by molar-refractivity contribution is 5.71. The molecule has 0 rings (SSSR count). The summed E-state index contributed by atoms with van der Waals surface area (Å²) >= 11 is 0. The Hall–Kier alpha value is -3.41. The summed E-state index contributed by atoms with van der Waals surface area (Å²) in [5.74, 6) is -0.850. The van der Waals surface area contributed by atoms with Crippen LogP contribution in [0.2, 0.25) is 0 Å². The molecule has 83 heavy (non-hydrogen) atoms. The van der Waals surface area contributed by atoms with E-state index in [-0.39, 0.29) is 31.1 Å². The van der Waals surface area contributed by atoms with Crippen molar-refractivity contribution in [2.45, 2.75) is 374 Å². The first-order valence-electron chi connectivity index (χ1n) is 36.1. The van der Waals surface area contributed by atoms with E-state index in [9.17, 15) is 14.4 Å². The van der Waals surface area contributed by atoms with E-state index in [1.807, 2.05) is 0 Å². The summed E-state index contributed by atoms with van der Waals surface area (Å²) in [6.07, 6.45) is 94.8. The lowest BCUT2D eigenvalue weighted by atomic mass is 10.0. The van der Waals surface area contributed by atoms with Gasteiger partial charge >= 0.3 is 17.9 Å². The van der Waals surface area contributed by atoms with Gasteiger partial charge in [-0.1, -0.05) is 356 Å². The predicted octanol–water partition coefficient (Wildman–Crippen LogP) is 25.0. The summed E-state index contributed by atoms with van der Waals surface area (Å²) in [4.78, 5) is 38.3. The van der Waals surface area contributed by atoms with Crippen molar-refractivity contribution in [1.82, 2.24) is 0 Å². The monoisotopic (exact) mass is 1160 g/mol. The van der Waals surface area contributed by atoms with Crippen LogP contribution in [-0.2, 0) is 28.6 Å². The summed E-state index contributed by atoms with van der Waals surface area (Å²) in [7, 11) is 0. The van der Waals surface area contributed by atoms with Crippen LogP contribution in [0.4, 0.5) is 0 Å². The van der Waals surface area contributed by atoms with E-state index < -0.39 is 6.10 Å². The van der Waals surface area contributed by atoms with Crippen LogP contribution in [0.1, 0.15) is 367 Å². The fourth-order valence-corrected chi connectivity index (χ4v) is 10.5. The van der Waals surface area contributed by atoms with Gasteiger partial charge in [-0.3, -0.25) is 14.4 Å². The predicted molar refractivity (Wildman–Crippen MR) is 362 cm³/mol. The lowest BCUT2D eigenvalue weighted by molar-refractivity contribution is -0.167. The maximum absolute atomic E-state index is 12.9. The molecule has 0 radical (unpaired) electrons. The van der Waals surface area contributed by atoms with Gasteiger partial charge in [-0.25, -0.2) is 0 Å². The highest BCUT2D eigenvalue weighted by Crippen LogP contribution is 2.18. The maximum Gasteiger partial charge on any atom is 0.306 e. The van der Waals surface area contributed by atoms with Crippen LogP contribution >= 0.6 is 0 Å². The summed E-state index contributed by atoms with van der Waals surface area (Å²) in [5, 5.41) is 0. The van der Waals surface area contributed by atoms with Crippen molar-refractivity contribution in [2.24, 2.45) is 0 Å². The molecule has 0 aliphatic heterocycles. The lowest BCUT2D eigenvalue weighted by Gasteiger charge is -2.18. The highest BCUT2D eigenvalue weighted by Gasteiger charge is 2.19. The second kappa shape index (κ2) is 71.1. The number of esters is 3. The number of hydrogen-bond donors (Lipinski definition) is 0. The number of rotatable bonds is 66. The Kier molecular flexibility index (Phi) is 68.2. The molecule has 480 valence electrons. The van der Waals surface area contributed by atoms with Gasteiger partial charge in [0.15, 0.2) is 6.10 Å². The molecule has 0 amide bonds. The summed E-state index contributed by atoms with van der Waals surface area (Å²) in [6, 6.07) is 0. The average molecular weight is 1160 g/mol. The molecule has 1 unspecified atom stereocenters. The van der Waals surface area contributed by atoms with Gasteiger partial charge in [0, 0.05) is 19.3 Å². The first-order valence-corrected chi connectivity index (χ1v) is 36.1. The summed E-state index contributed by atoms with van der Waals surface area (Å²) in [6.45, 7) is 6.57. The van der Waals surface area contributed by atoms with Crippen molar-refractivity contribution in [3.05, 3.63) is 85.1 Å². The van der Waals surface area contributed by atoms with Gasteiger partial charge in [-0.15, -0.1) is 0 Å². The van der Waals surface area contributed by atoms with Crippen molar-refractivity contribution >= 4 is 17.9 Å². The molecule has 0 saturated carbocycles. The van der Waals surface area contributed by atoms with Crippen LogP contribution in [0.3, 0.4) is 0 Å². The normalized spacial score (nSPS) is 12.6. The van der Waals surface area contributed by atoms with Gasteiger partial charge in [-0.2, -0.15) is 0 Å². The number of carbonyl (C=O) groups is 3. The van der Waals surface area contributed by atoms with Crippen LogP contribution in [0.5, 0.6) is 0 Å². The van der Waals surface area contributed by atoms with Crippen molar-refractivity contribution in [2.75, 3.05) is 13.2 Å². The van der Waals surface area contributed by atoms with Crippen LogP contribution in [0.25, 0.3) is 0 Å². The molecule has 0 aromatic carbocycles. The minimum Gasteiger partial charge on any atom is -0.462 e. The molecule has 6 heteroatoms. The molecule has 0 aliphatic rings. The number of allylic oxidation sites excluding steroid dienone is 14. The largest absolute Gasteiger partial charge is 0.462 e. The van der Waals surface area contributed by atoms with Crippen molar-refractivity contribution < 1.29 is 28.6 Å². The quantitative estimate of drug-likeness (QED) is 0.0261. The van der Waals surface area contributed by atoms with E-state index in [0.717, 1.165) is 103 Å². The average Bonchev–Trinajstić information content (AvgIpc) is 3.49. The van der Waals surface area contributed by atoms with E-state index in [2.05, 4.69) is 106 Å². The van der Waals surface area contributed by atoms with Gasteiger partial charge in [0.2, 0.25) is 0 Å². The third kappa shape index (κ3) is 69.3. The van der Waals surface area contributed by atoms with Gasteiger partial charge in [-0.05, 0) is 77.0 Å². The molecule has 0 saturated heterocycles. The molecule has 0 fully saturated rings. The smallest absolute Gasteiger partial charge is 0.306 e. The minimum atomic E-state index is -0.772. The second-order valence-corrected chi connectivity index (χ2v) is 24.1. The fourth-order valence-electron chi connectivity index (χ4n) is 10.5. The molecular weight excluding hydrogens is 1020 g/mol. The zero-order valence-corrected chi connectivity index (χ0v) is 55.2. The Balaban J connectivity index is 4.12. The molecule has 0 aromatic heterocycles. The molecule has 0 spiro atoms. The Morgan fingerprint density at radius 3 is 0.735 bits per heavy atom. The number of ether oxygens (including phenoxy) is 3. The van der Waals surface area contributed by atoms with E-state index in [1.165, 1.54) is 225 Å². The molecule has 6 nitrogen and oxygen atoms in total. The Labute approximate surface area is 515 Å². The Bertz CT molecular complexity index is 1570. The molecule has 0 aromatic rings. The Morgan fingerprint density at radius 2 is 0.470 bits per heavy atom. The van der Waals surface area contributed by atoms with Gasteiger partial charge < -0.3 is 14.2 Å². The first kappa shape index (κ1) is 79.6. The molecular formula is C77H136O6. The van der Waals surface area contributed by atoms with Crippen LogP contribution < -0.4 is 0 Å². The number of hydrogen-bond acceptors (Lipinski definition) is 6. The standard InChI is InChI=1S/C77H136O6/c1-4-7-10-13-16-19-22-24-26-28-30-32-33-34-35-36-37-38-39-40-41-42-43-44-45-46-48-49-51-53-55-58-61-64-67-70-76(79)82-73-74(72-81-75(78)69-66-63-60-57-21-18-15-12-9-6-3)83-77(80)71-68-65-62-59-56-54-52-50-47-31-29-27-25-23-20-17-14-11-8-5-2/h7,10,16,19,24,26,30,32,34-35,37-38,40-41,74H,4-6,8-9,11-15,17-18,20-23,25,27-29,31,33,36,39,42-73H2,1-3H3/b10-7-,19-16-,26-24-,32-30-,35-34-,38-37-,41-40-. The highest BCUT2D eigenvalue weighted by atomic mass is 16.6. The molecule has 0 bridgehead atoms. The number of unbranched alkanes of at least 4 members (excludes halogenated alkanes) is 41. The second-order valence-electron chi connectivity index (χ2n) is 24.1. The molecule has 0 N–H and O–H groups in total. The topological polar surface area (TPSA) is 78.9 Å². The van der Waals surface area contributed by atoms with Crippen LogP contribution in [0, 0.1) is 0 Å². The lowest BCUT2D eigenvalue weighted by Crippen LogP contribution is -2.30. The first-order chi connectivity index (χ1) is 41.0. The molecule has 1 atom stereocenters. The zero-order valence-electron chi connectivity index (χ0n) is 55.2. The van der Waals surface area contributed by atoms with Crippen LogP contribution in [0.15, 0.2) is 85.1 Å². The van der Waals surface area contributed by atoms with Crippen molar-refractivity contribution in [1.29, 1.82) is 0 Å². The Morgan fingerprint density at radius 1 is 0.253 bits per heavy atom.